The van der Waals surface area contributed by atoms with Gasteiger partial charge in [-0.2, -0.15) is 0 Å². The zero-order valence-corrected chi connectivity index (χ0v) is 16.3. The molecule has 1 amide bonds. The van der Waals surface area contributed by atoms with E-state index in [1.807, 2.05) is 6.07 Å². The van der Waals surface area contributed by atoms with Gasteiger partial charge in [-0.3, -0.25) is 4.79 Å². The third-order valence-corrected chi connectivity index (χ3v) is 4.63. The third-order valence-electron chi connectivity index (χ3n) is 4.07. The molecule has 1 heterocycles. The van der Waals surface area contributed by atoms with E-state index in [0.29, 0.717) is 22.3 Å². The highest BCUT2D eigenvalue weighted by atomic mass is 35.5. The molecule has 0 aliphatic carbocycles. The van der Waals surface area contributed by atoms with E-state index in [1.54, 1.807) is 42.1 Å². The van der Waals surface area contributed by atoms with E-state index >= 15 is 0 Å². The molecule has 5 nitrogen and oxygen atoms in total. The minimum absolute atomic E-state index is 0.0669. The highest BCUT2D eigenvalue weighted by Gasteiger charge is 2.17. The van der Waals surface area contributed by atoms with Crippen LogP contribution < -0.4 is 5.32 Å². The van der Waals surface area contributed by atoms with Crippen molar-refractivity contribution in [2.75, 3.05) is 13.2 Å². The lowest BCUT2D eigenvalue weighted by molar-refractivity contribution is -0.124. The van der Waals surface area contributed by atoms with E-state index in [2.05, 4.69) is 12.2 Å². The van der Waals surface area contributed by atoms with Gasteiger partial charge in [-0.05, 0) is 36.2 Å². The predicted octanol–water partition coefficient (Wildman–Crippen LogP) is 4.19. The van der Waals surface area contributed by atoms with Crippen LogP contribution in [0.5, 0.6) is 0 Å². The van der Waals surface area contributed by atoms with Gasteiger partial charge in [-0.1, -0.05) is 42.6 Å². The molecule has 1 atom stereocenters. The Morgan fingerprint density at radius 2 is 2.04 bits per heavy atom. The van der Waals surface area contributed by atoms with Crippen LogP contribution in [0.4, 0.5) is 0 Å². The molecular weight excluding hydrogens is 375 g/mol. The Balaban J connectivity index is 1.89. The Morgan fingerprint density at radius 1 is 1.27 bits per heavy atom. The number of benzene rings is 1. The number of hydrogen-bond donors (Lipinski definition) is 1. The smallest absolute Gasteiger partial charge is 0.355 e. The summed E-state index contributed by atoms with van der Waals surface area (Å²) in [6, 6.07) is 8.74. The molecule has 140 valence electrons. The van der Waals surface area contributed by atoms with E-state index in [9.17, 15) is 9.59 Å². The summed E-state index contributed by atoms with van der Waals surface area (Å²) in [7, 11) is 1.74. The summed E-state index contributed by atoms with van der Waals surface area (Å²) in [4.78, 5) is 23.9. The molecule has 26 heavy (non-hydrogen) atoms. The van der Waals surface area contributed by atoms with Crippen molar-refractivity contribution in [1.82, 2.24) is 9.88 Å². The van der Waals surface area contributed by atoms with Crippen LogP contribution in [0.25, 0.3) is 0 Å². The predicted molar refractivity (Wildman–Crippen MR) is 103 cm³/mol. The zero-order chi connectivity index (χ0) is 19.1. The Labute approximate surface area is 163 Å². The Kier molecular flexibility index (Phi) is 7.54. The number of carbonyl (C=O) groups is 2. The second kappa shape index (κ2) is 9.64. The number of ether oxygens (including phenoxy) is 1. The minimum atomic E-state index is -0.529. The van der Waals surface area contributed by atoms with Gasteiger partial charge in [0.25, 0.3) is 5.91 Å². The number of aryl methyl sites for hydroxylation is 1. The molecule has 0 radical (unpaired) electrons. The Bertz CT molecular complexity index is 774. The van der Waals surface area contributed by atoms with Crippen molar-refractivity contribution >= 4 is 35.1 Å². The van der Waals surface area contributed by atoms with Crippen molar-refractivity contribution < 1.29 is 14.3 Å². The summed E-state index contributed by atoms with van der Waals surface area (Å²) in [5.41, 5.74) is 1.34. The van der Waals surface area contributed by atoms with E-state index < -0.39 is 5.97 Å². The van der Waals surface area contributed by atoms with Crippen LogP contribution in [0, 0.1) is 0 Å². The van der Waals surface area contributed by atoms with Crippen molar-refractivity contribution in [3.8, 4) is 0 Å². The van der Waals surface area contributed by atoms with Crippen molar-refractivity contribution in [2.24, 2.45) is 7.05 Å². The van der Waals surface area contributed by atoms with Gasteiger partial charge in [0.05, 0.1) is 0 Å². The molecule has 0 fully saturated rings. The van der Waals surface area contributed by atoms with Gasteiger partial charge >= 0.3 is 5.97 Å². The van der Waals surface area contributed by atoms with E-state index in [0.717, 1.165) is 18.4 Å². The van der Waals surface area contributed by atoms with Crippen LogP contribution in [-0.2, 0) is 16.6 Å². The summed E-state index contributed by atoms with van der Waals surface area (Å²) in [6.07, 6.45) is 3.55. The normalized spacial score (nSPS) is 11.8. The fourth-order valence-electron chi connectivity index (χ4n) is 2.71. The number of esters is 1. The fraction of sp³-hybridized carbons (Fsp3) is 0.368. The third kappa shape index (κ3) is 5.51. The first-order chi connectivity index (χ1) is 12.4. The first kappa shape index (κ1) is 20.3. The topological polar surface area (TPSA) is 60.3 Å². The van der Waals surface area contributed by atoms with Gasteiger partial charge in [0.2, 0.25) is 0 Å². The first-order valence-electron chi connectivity index (χ1n) is 8.42. The molecule has 0 saturated carbocycles. The number of aromatic nitrogens is 1. The van der Waals surface area contributed by atoms with Crippen LogP contribution in [0.1, 0.15) is 41.7 Å². The standard InChI is InChI=1S/C19H22Cl2N2O3/c1-3-5-13(15-8-7-14(20)10-16(15)21)11-22-18(24)12-26-19(25)17-6-4-9-23(17)2/h4,6-10,13H,3,5,11-12H2,1-2H3,(H,22,24)/t13-/m0/s1. The molecule has 7 heteroatoms. The second-order valence-corrected chi connectivity index (χ2v) is 6.88. The van der Waals surface area contributed by atoms with Gasteiger partial charge < -0.3 is 14.6 Å². The number of amides is 1. The zero-order valence-electron chi connectivity index (χ0n) is 14.8. The number of rotatable bonds is 8. The van der Waals surface area contributed by atoms with Crippen LogP contribution >= 0.6 is 23.2 Å². The number of hydrogen-bond acceptors (Lipinski definition) is 3. The summed E-state index contributed by atoms with van der Waals surface area (Å²) in [6.45, 7) is 2.16. The molecule has 1 N–H and O–H groups in total. The number of nitrogens with zero attached hydrogens (tertiary/aromatic N) is 1. The summed E-state index contributed by atoms with van der Waals surface area (Å²) in [5, 5.41) is 3.97. The molecule has 2 aromatic rings. The summed E-state index contributed by atoms with van der Waals surface area (Å²) < 4.78 is 6.69. The van der Waals surface area contributed by atoms with Crippen LogP contribution in [0.3, 0.4) is 0 Å². The van der Waals surface area contributed by atoms with Gasteiger partial charge in [0.1, 0.15) is 5.69 Å². The molecule has 2 rings (SSSR count). The van der Waals surface area contributed by atoms with Crippen molar-refractivity contribution in [3.63, 3.8) is 0 Å². The lowest BCUT2D eigenvalue weighted by Crippen LogP contribution is -2.32. The molecule has 0 spiro atoms. The van der Waals surface area contributed by atoms with E-state index in [-0.39, 0.29) is 18.4 Å². The Hall–Kier alpha value is -1.98. The van der Waals surface area contributed by atoms with Crippen molar-refractivity contribution in [3.05, 3.63) is 57.8 Å². The van der Waals surface area contributed by atoms with Crippen LogP contribution in [-0.4, -0.2) is 29.6 Å². The van der Waals surface area contributed by atoms with Crippen molar-refractivity contribution in [1.29, 1.82) is 0 Å². The van der Waals surface area contributed by atoms with Gasteiger partial charge in [0.15, 0.2) is 6.61 Å². The molecule has 0 aliphatic heterocycles. The van der Waals surface area contributed by atoms with Crippen molar-refractivity contribution in [2.45, 2.75) is 25.7 Å². The molecule has 1 aromatic heterocycles. The van der Waals surface area contributed by atoms with Gasteiger partial charge in [0, 0.05) is 35.8 Å². The maximum absolute atomic E-state index is 12.0. The molecule has 1 aromatic carbocycles. The highest BCUT2D eigenvalue weighted by Crippen LogP contribution is 2.30. The largest absolute Gasteiger partial charge is 0.451 e. The highest BCUT2D eigenvalue weighted by molar-refractivity contribution is 6.35. The average molecular weight is 397 g/mol. The summed E-state index contributed by atoms with van der Waals surface area (Å²) in [5.74, 6) is -0.811. The Morgan fingerprint density at radius 3 is 2.65 bits per heavy atom. The maximum atomic E-state index is 12.0. The molecule has 0 bridgehead atoms. The number of carbonyl (C=O) groups excluding carboxylic acids is 2. The van der Waals surface area contributed by atoms with Gasteiger partial charge in [-0.15, -0.1) is 0 Å². The molecule has 0 aliphatic rings. The monoisotopic (exact) mass is 396 g/mol. The SMILES string of the molecule is CCC[C@@H](CNC(=O)COC(=O)c1cccn1C)c1ccc(Cl)cc1Cl. The van der Waals surface area contributed by atoms with Crippen LogP contribution in [0.2, 0.25) is 10.0 Å². The first-order valence-corrected chi connectivity index (χ1v) is 9.18. The lowest BCUT2D eigenvalue weighted by atomic mass is 9.94. The average Bonchev–Trinajstić information content (AvgIpc) is 3.03. The quantitative estimate of drug-likeness (QED) is 0.680. The minimum Gasteiger partial charge on any atom is -0.451 e. The van der Waals surface area contributed by atoms with Gasteiger partial charge in [-0.25, -0.2) is 4.79 Å². The lowest BCUT2D eigenvalue weighted by Gasteiger charge is -2.19. The molecule has 0 saturated heterocycles. The molecular formula is C19H22Cl2N2O3. The molecule has 0 unspecified atom stereocenters. The summed E-state index contributed by atoms with van der Waals surface area (Å²) >= 11 is 12.2. The fourth-order valence-corrected chi connectivity index (χ4v) is 3.28. The van der Waals surface area contributed by atoms with Crippen LogP contribution in [0.15, 0.2) is 36.5 Å². The van der Waals surface area contributed by atoms with E-state index in [1.165, 1.54) is 0 Å². The maximum Gasteiger partial charge on any atom is 0.355 e. The number of nitrogens with one attached hydrogen (secondary N) is 1. The van der Waals surface area contributed by atoms with E-state index in [4.69, 9.17) is 27.9 Å². The second-order valence-electron chi connectivity index (χ2n) is 6.04. The number of halogens is 2.